The Kier molecular flexibility index (Phi) is 7.23. The average Bonchev–Trinajstić information content (AvgIpc) is 2.58. The molecule has 5 heteroatoms. The summed E-state index contributed by atoms with van der Waals surface area (Å²) in [5.41, 5.74) is 4.24. The second-order valence-electron chi connectivity index (χ2n) is 9.77. The third-order valence-electron chi connectivity index (χ3n) is 4.63. The number of hydrogen-bond donors (Lipinski definition) is 0. The highest BCUT2D eigenvalue weighted by molar-refractivity contribution is 6.68. The Labute approximate surface area is 182 Å². The van der Waals surface area contributed by atoms with E-state index in [2.05, 4.69) is 59.7 Å². The molecule has 2 aromatic carbocycles. The van der Waals surface area contributed by atoms with Crippen LogP contribution in [0, 0.1) is 0 Å². The lowest BCUT2D eigenvalue weighted by atomic mass is 9.75. The molecule has 2 aromatic rings. The largest absolute Gasteiger partial charge is 0.546 e. The molecule has 158 valence electrons. The maximum absolute atomic E-state index is 11.8. The zero-order chi connectivity index (χ0) is 22.0. The van der Waals surface area contributed by atoms with Crippen molar-refractivity contribution in [1.82, 2.24) is 0 Å². The number of rotatable bonds is 6. The molecule has 0 aromatic heterocycles. The van der Waals surface area contributed by atoms with Gasteiger partial charge in [0.05, 0.1) is 5.56 Å². The normalized spacial score (nSPS) is 12.2. The monoisotopic (exact) mass is 432 g/mol. The van der Waals surface area contributed by atoms with Gasteiger partial charge in [0, 0.05) is 0 Å². The van der Waals surface area contributed by atoms with E-state index < -0.39 is 14.3 Å². The predicted molar refractivity (Wildman–Crippen MR) is 124 cm³/mol. The van der Waals surface area contributed by atoms with Crippen LogP contribution < -0.4 is 9.16 Å². The van der Waals surface area contributed by atoms with Crippen molar-refractivity contribution in [2.75, 3.05) is 0 Å². The Morgan fingerprint density at radius 3 is 2.07 bits per heavy atom. The number of halogens is 1. The summed E-state index contributed by atoms with van der Waals surface area (Å²) in [6.45, 7) is 17.9. The molecule has 0 bridgehead atoms. The van der Waals surface area contributed by atoms with E-state index in [1.165, 1.54) is 11.1 Å². The minimum Gasteiger partial charge on any atom is -0.546 e. The Morgan fingerprint density at radius 1 is 0.931 bits per heavy atom. The maximum atomic E-state index is 11.8. The Bertz CT molecular complexity index is 877. The summed E-state index contributed by atoms with van der Waals surface area (Å²) in [6.07, 6.45) is 0. The molecule has 0 aliphatic heterocycles. The van der Waals surface area contributed by atoms with Gasteiger partial charge < -0.3 is 9.16 Å². The van der Waals surface area contributed by atoms with Crippen LogP contribution in [-0.4, -0.2) is 14.3 Å². The molecule has 2 rings (SSSR count). The van der Waals surface area contributed by atoms with Crippen molar-refractivity contribution in [2.24, 2.45) is 0 Å². The quantitative estimate of drug-likeness (QED) is 0.381. The molecule has 0 spiro atoms. The first-order chi connectivity index (χ1) is 13.3. The molecule has 0 fully saturated rings. The van der Waals surface area contributed by atoms with Crippen LogP contribution in [0.2, 0.25) is 13.1 Å². The van der Waals surface area contributed by atoms with Gasteiger partial charge >= 0.3 is 0 Å². The van der Waals surface area contributed by atoms with Crippen LogP contribution >= 0.6 is 11.6 Å². The number of carbonyl (C=O) groups is 1. The number of benzene rings is 2. The van der Waals surface area contributed by atoms with Crippen molar-refractivity contribution in [3.05, 3.63) is 58.7 Å². The summed E-state index contributed by atoms with van der Waals surface area (Å²) in [5.74, 6) is 1.13. The second kappa shape index (κ2) is 8.93. The van der Waals surface area contributed by atoms with Gasteiger partial charge in [-0.3, -0.25) is 4.79 Å². The van der Waals surface area contributed by atoms with E-state index in [0.717, 1.165) is 5.56 Å². The highest BCUT2D eigenvalue weighted by atomic mass is 35.5. The van der Waals surface area contributed by atoms with E-state index in [-0.39, 0.29) is 10.8 Å². The fraction of sp³-hybridized carbons (Fsp3) is 0.458. The molecule has 0 heterocycles. The van der Waals surface area contributed by atoms with Gasteiger partial charge in [-0.1, -0.05) is 59.7 Å². The second-order valence-corrected chi connectivity index (χ2v) is 12.4. The summed E-state index contributed by atoms with van der Waals surface area (Å²) in [4.78, 5) is 11.8. The highest BCUT2D eigenvalue weighted by Crippen LogP contribution is 2.35. The average molecular weight is 433 g/mol. The van der Waals surface area contributed by atoms with Crippen LogP contribution in [0.3, 0.4) is 0 Å². The molecule has 0 saturated heterocycles. The summed E-state index contributed by atoms with van der Waals surface area (Å²) in [6, 6.07) is 11.8. The Hall–Kier alpha value is -1.78. The molecule has 29 heavy (non-hydrogen) atoms. The standard InChI is InChI=1S/C24H33ClO3Si/c1-23(2,3)19-11-9-16(13-20(19)24(4,5)6)15-27-17-10-12-21(28-29(7)8)18(14-17)22(25)26/h9-14,29H,15H2,1-8H3. The van der Waals surface area contributed by atoms with Crippen molar-refractivity contribution in [1.29, 1.82) is 0 Å². The summed E-state index contributed by atoms with van der Waals surface area (Å²) in [5, 5.41) is -0.537. The first-order valence-corrected chi connectivity index (χ1v) is 13.2. The fourth-order valence-electron chi connectivity index (χ4n) is 3.23. The number of carbonyl (C=O) groups excluding carboxylic acids is 1. The first kappa shape index (κ1) is 23.5. The molecule has 0 amide bonds. The predicted octanol–water partition coefficient (Wildman–Crippen LogP) is 6.60. The molecule has 0 radical (unpaired) electrons. The Balaban J connectivity index is 2.28. The first-order valence-electron chi connectivity index (χ1n) is 10.1. The van der Waals surface area contributed by atoms with E-state index in [4.69, 9.17) is 20.8 Å². The third-order valence-corrected chi connectivity index (χ3v) is 5.56. The SMILES string of the molecule is C[SiH](C)Oc1ccc(OCc2ccc(C(C)(C)C)c(C(C)(C)C)c2)cc1C(=O)Cl. The van der Waals surface area contributed by atoms with Gasteiger partial charge in [-0.05, 0) is 70.4 Å². The van der Waals surface area contributed by atoms with E-state index in [1.807, 2.05) is 19.2 Å². The molecule has 0 aliphatic carbocycles. The summed E-state index contributed by atoms with van der Waals surface area (Å²) in [7, 11) is -1.34. The van der Waals surface area contributed by atoms with Gasteiger partial charge in [-0.15, -0.1) is 0 Å². The molecular formula is C24H33ClO3Si. The van der Waals surface area contributed by atoms with E-state index in [0.29, 0.717) is 23.7 Å². The van der Waals surface area contributed by atoms with Crippen molar-refractivity contribution in [2.45, 2.75) is 72.1 Å². The van der Waals surface area contributed by atoms with Gasteiger partial charge in [-0.2, -0.15) is 0 Å². The molecule has 0 aliphatic rings. The van der Waals surface area contributed by atoms with Crippen molar-refractivity contribution in [3.63, 3.8) is 0 Å². The zero-order valence-corrected chi connectivity index (χ0v) is 20.8. The van der Waals surface area contributed by atoms with Gasteiger partial charge in [0.15, 0.2) is 0 Å². The lowest BCUT2D eigenvalue weighted by molar-refractivity contribution is 0.107. The highest BCUT2D eigenvalue weighted by Gasteiger charge is 2.25. The minimum absolute atomic E-state index is 0.0383. The minimum atomic E-state index is -1.34. The van der Waals surface area contributed by atoms with E-state index in [1.54, 1.807) is 12.1 Å². The number of ether oxygens (including phenoxy) is 1. The third kappa shape index (κ3) is 6.35. The molecule has 0 unspecified atom stereocenters. The van der Waals surface area contributed by atoms with Crippen LogP contribution in [0.25, 0.3) is 0 Å². The fourth-order valence-corrected chi connectivity index (χ4v) is 4.09. The van der Waals surface area contributed by atoms with Crippen LogP contribution in [0.5, 0.6) is 11.5 Å². The molecule has 3 nitrogen and oxygen atoms in total. The van der Waals surface area contributed by atoms with E-state index >= 15 is 0 Å². The lowest BCUT2D eigenvalue weighted by Gasteiger charge is -2.30. The van der Waals surface area contributed by atoms with Crippen molar-refractivity contribution < 1.29 is 14.0 Å². The molecule has 0 N–H and O–H groups in total. The van der Waals surface area contributed by atoms with Crippen LogP contribution in [0.1, 0.15) is 68.6 Å². The maximum Gasteiger partial charge on any atom is 0.256 e. The van der Waals surface area contributed by atoms with Crippen molar-refractivity contribution >= 4 is 25.9 Å². The van der Waals surface area contributed by atoms with Gasteiger partial charge in [0.25, 0.3) is 5.24 Å². The van der Waals surface area contributed by atoms with Crippen LogP contribution in [0.15, 0.2) is 36.4 Å². The summed E-state index contributed by atoms with van der Waals surface area (Å²) < 4.78 is 11.8. The molecule has 0 saturated carbocycles. The topological polar surface area (TPSA) is 35.5 Å². The number of hydrogen-bond acceptors (Lipinski definition) is 3. The van der Waals surface area contributed by atoms with E-state index in [9.17, 15) is 4.79 Å². The molecular weight excluding hydrogens is 400 g/mol. The van der Waals surface area contributed by atoms with Crippen LogP contribution in [0.4, 0.5) is 0 Å². The van der Waals surface area contributed by atoms with Crippen LogP contribution in [-0.2, 0) is 17.4 Å². The Morgan fingerprint density at radius 2 is 1.55 bits per heavy atom. The van der Waals surface area contributed by atoms with Gasteiger partial charge in [-0.25, -0.2) is 0 Å². The smallest absolute Gasteiger partial charge is 0.256 e. The zero-order valence-electron chi connectivity index (χ0n) is 18.9. The summed E-state index contributed by atoms with van der Waals surface area (Å²) >= 11 is 5.75. The molecule has 0 atom stereocenters. The van der Waals surface area contributed by atoms with Gasteiger partial charge in [0.2, 0.25) is 9.04 Å². The van der Waals surface area contributed by atoms with Crippen molar-refractivity contribution in [3.8, 4) is 11.5 Å². The van der Waals surface area contributed by atoms with Gasteiger partial charge in [0.1, 0.15) is 18.1 Å². The lowest BCUT2D eigenvalue weighted by Crippen LogP contribution is -2.22.